The summed E-state index contributed by atoms with van der Waals surface area (Å²) in [5, 5.41) is 18.6. The van der Waals surface area contributed by atoms with E-state index in [9.17, 15) is 19.5 Å². The molecule has 4 aromatic heterocycles. The minimum absolute atomic E-state index is 0.218. The number of carboxylic acid groups (broad SMARTS) is 1. The van der Waals surface area contributed by atoms with E-state index in [1.807, 2.05) is 47.2 Å². The number of carboxylic acids is 1. The number of hydrogen-bond acceptors (Lipinski definition) is 11. The van der Waals surface area contributed by atoms with Crippen LogP contribution in [0.2, 0.25) is 0 Å². The van der Waals surface area contributed by atoms with Crippen LogP contribution in [-0.2, 0) is 6.54 Å². The van der Waals surface area contributed by atoms with Gasteiger partial charge in [0.05, 0.1) is 11.1 Å². The van der Waals surface area contributed by atoms with E-state index < -0.39 is 11.4 Å². The highest BCUT2D eigenvalue weighted by molar-refractivity contribution is 7.13. The van der Waals surface area contributed by atoms with Crippen molar-refractivity contribution in [1.29, 1.82) is 0 Å². The predicted octanol–water partition coefficient (Wildman–Crippen LogP) is 4.09. The van der Waals surface area contributed by atoms with Crippen LogP contribution < -0.4 is 21.0 Å². The molecule has 14 nitrogen and oxygen atoms in total. The largest absolute Gasteiger partial charge is 0.477 e. The molecule has 2 aliphatic rings. The Morgan fingerprint density at radius 2 is 1.60 bits per heavy atom. The highest BCUT2D eigenvalue weighted by atomic mass is 32.1. The fraction of sp³-hybridized carbons (Fsp3) is 0.368. The standard InChI is InChI=1S/C38H44N10O4S/c1-4-39-38(52)42-32-21-27(36-41-31(24-53-36)25-8-6-5-7-9-25)29(22-40-32)26-20-28-33(49)30(37(50)51)23-48(19-16-46-14-10-44(2)11-15-46)35(28)43-34(26)47-17-12-45(3)13-18-47/h5-9,20-24H,4,10-19H2,1-3H3,(H,50,51)(H2,39,40,42,52). The molecule has 276 valence electrons. The topological polar surface area (TPSA) is 152 Å². The first-order chi connectivity index (χ1) is 25.7. The molecule has 53 heavy (non-hydrogen) atoms. The third-order valence-corrected chi connectivity index (χ3v) is 10.8. The third-order valence-electron chi connectivity index (χ3n) is 9.89. The Bertz CT molecular complexity index is 2170. The highest BCUT2D eigenvalue weighted by Crippen LogP contribution is 2.41. The molecule has 2 saturated heterocycles. The first-order valence-corrected chi connectivity index (χ1v) is 18.8. The zero-order chi connectivity index (χ0) is 37.1. The van der Waals surface area contributed by atoms with Crippen LogP contribution in [0.15, 0.2) is 65.0 Å². The van der Waals surface area contributed by atoms with E-state index in [0.717, 1.165) is 50.5 Å². The normalized spacial score (nSPS) is 15.9. The van der Waals surface area contributed by atoms with Crippen molar-refractivity contribution in [2.24, 2.45) is 0 Å². The van der Waals surface area contributed by atoms with Crippen molar-refractivity contribution in [3.63, 3.8) is 0 Å². The molecular formula is C38H44N10O4S. The summed E-state index contributed by atoms with van der Waals surface area (Å²) < 4.78 is 1.83. The molecule has 2 fully saturated rings. The maximum atomic E-state index is 14.0. The number of piperazine rings is 2. The van der Waals surface area contributed by atoms with Crippen molar-refractivity contribution in [3.8, 4) is 33.0 Å². The van der Waals surface area contributed by atoms with Gasteiger partial charge in [-0.25, -0.2) is 24.5 Å². The number of thiazole rings is 1. The van der Waals surface area contributed by atoms with Crippen LogP contribution in [0, 0.1) is 0 Å². The molecule has 3 N–H and O–H groups in total. The van der Waals surface area contributed by atoms with Crippen LogP contribution >= 0.6 is 11.3 Å². The van der Waals surface area contributed by atoms with Crippen LogP contribution in [0.1, 0.15) is 17.3 Å². The number of fused-ring (bicyclic) bond motifs is 1. The van der Waals surface area contributed by atoms with Crippen molar-refractivity contribution in [2.45, 2.75) is 13.5 Å². The van der Waals surface area contributed by atoms with Gasteiger partial charge in [0.2, 0.25) is 5.43 Å². The van der Waals surface area contributed by atoms with Gasteiger partial charge in [-0.05, 0) is 33.2 Å². The number of nitrogens with zero attached hydrogens (tertiary/aromatic N) is 8. The van der Waals surface area contributed by atoms with Gasteiger partial charge in [0.15, 0.2) is 0 Å². The molecule has 15 heteroatoms. The van der Waals surface area contributed by atoms with Crippen LogP contribution in [0.4, 0.5) is 16.4 Å². The van der Waals surface area contributed by atoms with E-state index in [0.29, 0.717) is 71.7 Å². The Hall–Kier alpha value is -5.22. The third kappa shape index (κ3) is 7.93. The van der Waals surface area contributed by atoms with E-state index in [1.54, 1.807) is 18.3 Å². The van der Waals surface area contributed by atoms with Crippen molar-refractivity contribution in [2.75, 3.05) is 89.8 Å². The van der Waals surface area contributed by atoms with Crippen molar-refractivity contribution < 1.29 is 14.7 Å². The van der Waals surface area contributed by atoms with E-state index in [1.165, 1.54) is 17.5 Å². The molecule has 2 aliphatic heterocycles. The second kappa shape index (κ2) is 15.8. The first kappa shape index (κ1) is 36.2. The van der Waals surface area contributed by atoms with Crippen molar-refractivity contribution in [1.82, 2.24) is 39.5 Å². The zero-order valence-corrected chi connectivity index (χ0v) is 31.0. The molecule has 0 radical (unpaired) electrons. The molecule has 5 aromatic rings. The fourth-order valence-corrected chi connectivity index (χ4v) is 7.64. The van der Waals surface area contributed by atoms with Gasteiger partial charge >= 0.3 is 12.0 Å². The number of aromatic nitrogens is 4. The number of nitrogens with one attached hydrogen (secondary N) is 2. The summed E-state index contributed by atoms with van der Waals surface area (Å²) in [6.45, 7) is 10.2. The molecule has 2 amide bonds. The maximum Gasteiger partial charge on any atom is 0.341 e. The summed E-state index contributed by atoms with van der Waals surface area (Å²) in [5.41, 5.74) is 3.31. The van der Waals surface area contributed by atoms with Crippen LogP contribution in [-0.4, -0.2) is 131 Å². The molecule has 0 spiro atoms. The Balaban J connectivity index is 1.41. The number of rotatable bonds is 10. The predicted molar refractivity (Wildman–Crippen MR) is 209 cm³/mol. The number of benzene rings is 1. The lowest BCUT2D eigenvalue weighted by atomic mass is 9.99. The Morgan fingerprint density at radius 1 is 0.887 bits per heavy atom. The summed E-state index contributed by atoms with van der Waals surface area (Å²) >= 11 is 1.46. The highest BCUT2D eigenvalue weighted by Gasteiger charge is 2.26. The average molecular weight is 737 g/mol. The van der Waals surface area contributed by atoms with Gasteiger partial charge in [-0.15, -0.1) is 11.3 Å². The summed E-state index contributed by atoms with van der Waals surface area (Å²) in [5.74, 6) is -0.275. The molecule has 1 aromatic carbocycles. The van der Waals surface area contributed by atoms with Crippen LogP contribution in [0.3, 0.4) is 0 Å². The van der Waals surface area contributed by atoms with E-state index in [-0.39, 0.29) is 17.0 Å². The molecule has 7 rings (SSSR count). The SMILES string of the molecule is CCNC(=O)Nc1cc(-c2nc(-c3ccccc3)cs2)c(-c2cc3c(=O)c(C(=O)O)cn(CCN4CCN(C)CC4)c3nc2N2CCN(C)CC2)cn1. The Morgan fingerprint density at radius 3 is 2.30 bits per heavy atom. The lowest BCUT2D eigenvalue weighted by Crippen LogP contribution is -2.45. The number of amides is 2. The summed E-state index contributed by atoms with van der Waals surface area (Å²) in [6.07, 6.45) is 3.12. The summed E-state index contributed by atoms with van der Waals surface area (Å²) in [4.78, 5) is 63.1. The number of urea groups is 1. The molecule has 0 saturated carbocycles. The van der Waals surface area contributed by atoms with Gasteiger partial charge in [-0.3, -0.25) is 15.0 Å². The summed E-state index contributed by atoms with van der Waals surface area (Å²) in [7, 11) is 4.20. The lowest BCUT2D eigenvalue weighted by molar-refractivity contribution is 0.0694. The number of hydrogen-bond donors (Lipinski definition) is 3. The first-order valence-electron chi connectivity index (χ1n) is 17.9. The van der Waals surface area contributed by atoms with Gasteiger partial charge in [0.1, 0.15) is 27.9 Å². The minimum Gasteiger partial charge on any atom is -0.477 e. The molecular weight excluding hydrogens is 693 g/mol. The number of likely N-dealkylation sites (N-methyl/N-ethyl adjacent to an activating group) is 2. The quantitative estimate of drug-likeness (QED) is 0.190. The van der Waals surface area contributed by atoms with Gasteiger partial charge < -0.3 is 29.7 Å². The van der Waals surface area contributed by atoms with Gasteiger partial charge in [-0.1, -0.05) is 30.3 Å². The Kier molecular flexibility index (Phi) is 10.8. The average Bonchev–Trinajstić information content (AvgIpc) is 3.66. The molecule has 0 aliphatic carbocycles. The smallest absolute Gasteiger partial charge is 0.341 e. The molecule has 6 heterocycles. The van der Waals surface area contributed by atoms with E-state index in [4.69, 9.17) is 9.97 Å². The maximum absolute atomic E-state index is 14.0. The van der Waals surface area contributed by atoms with E-state index >= 15 is 0 Å². The second-order valence-corrected chi connectivity index (χ2v) is 14.4. The lowest BCUT2D eigenvalue weighted by Gasteiger charge is -2.35. The zero-order valence-electron chi connectivity index (χ0n) is 30.2. The number of carbonyl (C=O) groups excluding carboxylic acids is 1. The van der Waals surface area contributed by atoms with Crippen LogP contribution in [0.25, 0.3) is 44.0 Å². The van der Waals surface area contributed by atoms with Gasteiger partial charge in [0, 0.05) is 112 Å². The minimum atomic E-state index is -1.28. The van der Waals surface area contributed by atoms with Gasteiger partial charge in [-0.2, -0.15) is 0 Å². The van der Waals surface area contributed by atoms with E-state index in [2.05, 4.69) is 49.3 Å². The fourth-order valence-electron chi connectivity index (χ4n) is 6.78. The van der Waals surface area contributed by atoms with Crippen LogP contribution in [0.5, 0.6) is 0 Å². The van der Waals surface area contributed by atoms with Crippen molar-refractivity contribution >= 4 is 46.0 Å². The molecule has 0 bridgehead atoms. The Labute approximate surface area is 311 Å². The van der Waals surface area contributed by atoms with Crippen molar-refractivity contribution in [3.05, 3.63) is 76.0 Å². The number of anilines is 2. The number of aromatic carboxylic acids is 1. The molecule has 0 atom stereocenters. The van der Waals surface area contributed by atoms with Gasteiger partial charge in [0.25, 0.3) is 0 Å². The second-order valence-electron chi connectivity index (χ2n) is 13.5. The number of pyridine rings is 3. The number of carbonyl (C=O) groups is 2. The molecule has 0 unspecified atom stereocenters. The summed E-state index contributed by atoms with van der Waals surface area (Å²) in [6, 6.07) is 13.1. The monoisotopic (exact) mass is 736 g/mol.